The number of piperazine rings is 1. The summed E-state index contributed by atoms with van der Waals surface area (Å²) in [5, 5.41) is 2.93. The summed E-state index contributed by atoms with van der Waals surface area (Å²) in [4.78, 5) is 26.5. The van der Waals surface area contributed by atoms with Crippen LogP contribution < -0.4 is 5.32 Å². The van der Waals surface area contributed by atoms with Crippen molar-refractivity contribution in [3.05, 3.63) is 0 Å². The van der Waals surface area contributed by atoms with Gasteiger partial charge in [0.15, 0.2) is 0 Å². The maximum absolute atomic E-state index is 12.7. The Kier molecular flexibility index (Phi) is 3.48. The predicted octanol–water partition coefficient (Wildman–Crippen LogP) is 0.929. The largest absolute Gasteiger partial charge is 0.379 e. The van der Waals surface area contributed by atoms with E-state index in [-0.39, 0.29) is 17.9 Å². The van der Waals surface area contributed by atoms with E-state index in [1.807, 2.05) is 6.92 Å². The molecule has 0 spiro atoms. The van der Waals surface area contributed by atoms with Gasteiger partial charge in [0.1, 0.15) is 11.6 Å². The Balaban J connectivity index is 1.60. The first-order valence-corrected chi connectivity index (χ1v) is 7.73. The molecule has 0 aromatic heterocycles. The summed E-state index contributed by atoms with van der Waals surface area (Å²) in [5.74, 6) is 1.05. The highest BCUT2D eigenvalue weighted by Crippen LogP contribution is 2.42. The molecule has 5 heteroatoms. The SMILES string of the molecule is CC1C(=O)NC(C)(C2CC2)C(=O)N1CCOCC1CC1. The molecule has 1 heterocycles. The van der Waals surface area contributed by atoms with Crippen LogP contribution in [0.2, 0.25) is 0 Å². The highest BCUT2D eigenvalue weighted by Gasteiger charge is 2.54. The van der Waals surface area contributed by atoms with Gasteiger partial charge < -0.3 is 15.0 Å². The fraction of sp³-hybridized carbons (Fsp3) is 0.867. The lowest BCUT2D eigenvalue weighted by atomic mass is 9.90. The van der Waals surface area contributed by atoms with Crippen LogP contribution in [0.1, 0.15) is 39.5 Å². The summed E-state index contributed by atoms with van der Waals surface area (Å²) in [6.07, 6.45) is 4.59. The van der Waals surface area contributed by atoms with Crippen LogP contribution in [0.15, 0.2) is 0 Å². The third-order valence-electron chi connectivity index (χ3n) is 4.86. The van der Waals surface area contributed by atoms with Crippen LogP contribution >= 0.6 is 0 Å². The molecule has 0 bridgehead atoms. The van der Waals surface area contributed by atoms with E-state index >= 15 is 0 Å². The quantitative estimate of drug-likeness (QED) is 0.736. The van der Waals surface area contributed by atoms with Gasteiger partial charge in [0, 0.05) is 13.2 Å². The minimum Gasteiger partial charge on any atom is -0.379 e. The van der Waals surface area contributed by atoms with Gasteiger partial charge in [-0.3, -0.25) is 9.59 Å². The maximum atomic E-state index is 12.7. The second kappa shape index (κ2) is 5.02. The van der Waals surface area contributed by atoms with Gasteiger partial charge in [-0.1, -0.05) is 0 Å². The molecule has 0 aromatic carbocycles. The zero-order chi connectivity index (χ0) is 14.3. The molecule has 2 unspecified atom stereocenters. The lowest BCUT2D eigenvalue weighted by Gasteiger charge is -2.43. The summed E-state index contributed by atoms with van der Waals surface area (Å²) in [5.41, 5.74) is -0.694. The van der Waals surface area contributed by atoms with E-state index in [4.69, 9.17) is 4.74 Å². The standard InChI is InChI=1S/C15H24N2O3/c1-10-13(18)16-15(2,12-5-6-12)14(19)17(10)7-8-20-9-11-3-4-11/h10-12H,3-9H2,1-2H3,(H,16,18). The summed E-state index contributed by atoms with van der Waals surface area (Å²) in [6.45, 7) is 5.50. The number of hydrogen-bond donors (Lipinski definition) is 1. The lowest BCUT2D eigenvalue weighted by molar-refractivity contribution is -0.155. The molecule has 3 rings (SSSR count). The highest BCUT2D eigenvalue weighted by atomic mass is 16.5. The Morgan fingerprint density at radius 2 is 2.00 bits per heavy atom. The van der Waals surface area contributed by atoms with Crippen molar-refractivity contribution >= 4 is 11.8 Å². The average Bonchev–Trinajstić information content (AvgIpc) is 3.28. The van der Waals surface area contributed by atoms with E-state index < -0.39 is 5.54 Å². The van der Waals surface area contributed by atoms with Crippen LogP contribution in [0.25, 0.3) is 0 Å². The van der Waals surface area contributed by atoms with Crippen molar-refractivity contribution in [2.45, 2.75) is 51.1 Å². The van der Waals surface area contributed by atoms with Crippen LogP contribution in [0, 0.1) is 11.8 Å². The minimum atomic E-state index is -0.694. The molecule has 5 nitrogen and oxygen atoms in total. The molecule has 0 radical (unpaired) electrons. The topological polar surface area (TPSA) is 58.6 Å². The summed E-state index contributed by atoms with van der Waals surface area (Å²) in [7, 11) is 0. The Morgan fingerprint density at radius 1 is 1.30 bits per heavy atom. The second-order valence-corrected chi connectivity index (χ2v) is 6.66. The van der Waals surface area contributed by atoms with E-state index in [1.165, 1.54) is 12.8 Å². The molecule has 2 aliphatic carbocycles. The Bertz CT molecular complexity index is 417. The fourth-order valence-electron chi connectivity index (χ4n) is 2.96. The van der Waals surface area contributed by atoms with Gasteiger partial charge in [-0.15, -0.1) is 0 Å². The molecule has 0 aromatic rings. The average molecular weight is 280 g/mol. The van der Waals surface area contributed by atoms with Gasteiger partial charge >= 0.3 is 0 Å². The first kappa shape index (κ1) is 13.9. The number of rotatable bonds is 6. The second-order valence-electron chi connectivity index (χ2n) is 6.66. The fourth-order valence-corrected chi connectivity index (χ4v) is 2.96. The Labute approximate surface area is 120 Å². The number of hydrogen-bond acceptors (Lipinski definition) is 3. The zero-order valence-electron chi connectivity index (χ0n) is 12.4. The molecule has 1 N–H and O–H groups in total. The van der Waals surface area contributed by atoms with E-state index in [2.05, 4.69) is 5.32 Å². The number of nitrogens with zero attached hydrogens (tertiary/aromatic N) is 1. The van der Waals surface area contributed by atoms with Gasteiger partial charge in [0.2, 0.25) is 11.8 Å². The molecule has 112 valence electrons. The van der Waals surface area contributed by atoms with Crippen molar-refractivity contribution in [1.29, 1.82) is 0 Å². The third kappa shape index (κ3) is 2.55. The van der Waals surface area contributed by atoms with Gasteiger partial charge in [-0.05, 0) is 51.4 Å². The van der Waals surface area contributed by atoms with Gasteiger partial charge in [-0.2, -0.15) is 0 Å². The molecule has 2 atom stereocenters. The van der Waals surface area contributed by atoms with E-state index in [9.17, 15) is 9.59 Å². The van der Waals surface area contributed by atoms with E-state index in [0.29, 0.717) is 19.1 Å². The molecular weight excluding hydrogens is 256 g/mol. The molecule has 3 aliphatic rings. The number of carbonyl (C=O) groups is 2. The maximum Gasteiger partial charge on any atom is 0.249 e. The Morgan fingerprint density at radius 3 is 2.60 bits per heavy atom. The minimum absolute atomic E-state index is 0.0406. The first-order chi connectivity index (χ1) is 9.52. The number of amides is 2. The molecule has 2 saturated carbocycles. The van der Waals surface area contributed by atoms with Gasteiger partial charge in [0.25, 0.3) is 0 Å². The highest BCUT2D eigenvalue weighted by molar-refractivity contribution is 5.99. The first-order valence-electron chi connectivity index (χ1n) is 7.73. The summed E-state index contributed by atoms with van der Waals surface area (Å²) >= 11 is 0. The summed E-state index contributed by atoms with van der Waals surface area (Å²) < 4.78 is 5.61. The van der Waals surface area contributed by atoms with Crippen molar-refractivity contribution in [3.63, 3.8) is 0 Å². The molecule has 1 aliphatic heterocycles. The summed E-state index contributed by atoms with van der Waals surface area (Å²) in [6, 6.07) is -0.390. The lowest BCUT2D eigenvalue weighted by Crippen LogP contribution is -2.69. The predicted molar refractivity (Wildman–Crippen MR) is 74.0 cm³/mol. The number of nitrogens with one attached hydrogen (secondary N) is 1. The normalized spacial score (nSPS) is 34.3. The molecular formula is C15H24N2O3. The van der Waals surface area contributed by atoms with Crippen molar-refractivity contribution in [1.82, 2.24) is 10.2 Å². The van der Waals surface area contributed by atoms with E-state index in [1.54, 1.807) is 11.8 Å². The monoisotopic (exact) mass is 280 g/mol. The van der Waals surface area contributed by atoms with Crippen molar-refractivity contribution in [2.75, 3.05) is 19.8 Å². The molecule has 20 heavy (non-hydrogen) atoms. The zero-order valence-corrected chi connectivity index (χ0v) is 12.4. The van der Waals surface area contributed by atoms with Crippen LogP contribution in [-0.2, 0) is 14.3 Å². The van der Waals surface area contributed by atoms with Crippen LogP contribution in [-0.4, -0.2) is 48.1 Å². The number of carbonyl (C=O) groups excluding carboxylic acids is 2. The van der Waals surface area contributed by atoms with Gasteiger partial charge in [-0.25, -0.2) is 0 Å². The van der Waals surface area contributed by atoms with Crippen LogP contribution in [0.3, 0.4) is 0 Å². The van der Waals surface area contributed by atoms with Crippen molar-refractivity contribution in [2.24, 2.45) is 11.8 Å². The molecule has 3 fully saturated rings. The molecule has 2 amide bonds. The smallest absolute Gasteiger partial charge is 0.249 e. The van der Waals surface area contributed by atoms with Crippen LogP contribution in [0.4, 0.5) is 0 Å². The molecule has 1 saturated heterocycles. The van der Waals surface area contributed by atoms with Gasteiger partial charge in [0.05, 0.1) is 6.61 Å². The van der Waals surface area contributed by atoms with Crippen molar-refractivity contribution in [3.8, 4) is 0 Å². The third-order valence-corrected chi connectivity index (χ3v) is 4.86. The van der Waals surface area contributed by atoms with E-state index in [0.717, 1.165) is 25.4 Å². The number of ether oxygens (including phenoxy) is 1. The Hall–Kier alpha value is -1.10. The van der Waals surface area contributed by atoms with Crippen molar-refractivity contribution < 1.29 is 14.3 Å². The van der Waals surface area contributed by atoms with Crippen LogP contribution in [0.5, 0.6) is 0 Å².